The van der Waals surface area contributed by atoms with E-state index in [0.29, 0.717) is 19.0 Å². The molecule has 0 unspecified atom stereocenters. The first-order valence-electron chi connectivity index (χ1n) is 5.93. The number of rotatable bonds is 5. The summed E-state index contributed by atoms with van der Waals surface area (Å²) < 4.78 is 6.32. The standard InChI is InChI=1S/C13H15BrN4O/c1-2-19-12-4-3-10(5-9(12)6-15)18-13-11(14)7-16-8-17-13/h3-5,7-8H,2,6,15H2,1H3,(H,16,17,18). The van der Waals surface area contributed by atoms with Gasteiger partial charge in [0.05, 0.1) is 11.1 Å². The van der Waals surface area contributed by atoms with E-state index in [1.165, 1.54) is 6.33 Å². The number of benzene rings is 1. The van der Waals surface area contributed by atoms with E-state index < -0.39 is 0 Å². The van der Waals surface area contributed by atoms with Gasteiger partial charge in [0, 0.05) is 24.0 Å². The van der Waals surface area contributed by atoms with Crippen LogP contribution in [0.5, 0.6) is 5.75 Å². The van der Waals surface area contributed by atoms with Crippen LogP contribution in [0.4, 0.5) is 11.5 Å². The molecule has 6 heteroatoms. The average Bonchev–Trinajstić information content (AvgIpc) is 2.43. The second-order valence-electron chi connectivity index (χ2n) is 3.80. The van der Waals surface area contributed by atoms with E-state index in [0.717, 1.165) is 21.5 Å². The van der Waals surface area contributed by atoms with Crippen molar-refractivity contribution < 1.29 is 4.74 Å². The first-order valence-corrected chi connectivity index (χ1v) is 6.72. The number of halogens is 1. The summed E-state index contributed by atoms with van der Waals surface area (Å²) >= 11 is 3.39. The number of anilines is 2. The molecular formula is C13H15BrN4O. The van der Waals surface area contributed by atoms with Gasteiger partial charge in [-0.25, -0.2) is 9.97 Å². The van der Waals surface area contributed by atoms with Crippen LogP contribution in [-0.4, -0.2) is 16.6 Å². The molecule has 5 nitrogen and oxygen atoms in total. The van der Waals surface area contributed by atoms with E-state index in [2.05, 4.69) is 31.2 Å². The van der Waals surface area contributed by atoms with Gasteiger partial charge >= 0.3 is 0 Å². The van der Waals surface area contributed by atoms with Gasteiger partial charge in [-0.3, -0.25) is 0 Å². The van der Waals surface area contributed by atoms with Gasteiger partial charge in [-0.2, -0.15) is 0 Å². The Hall–Kier alpha value is -1.66. The van der Waals surface area contributed by atoms with E-state index >= 15 is 0 Å². The molecule has 0 aliphatic heterocycles. The molecule has 0 radical (unpaired) electrons. The zero-order valence-corrected chi connectivity index (χ0v) is 12.1. The molecule has 0 bridgehead atoms. The monoisotopic (exact) mass is 322 g/mol. The smallest absolute Gasteiger partial charge is 0.148 e. The highest BCUT2D eigenvalue weighted by Crippen LogP contribution is 2.26. The van der Waals surface area contributed by atoms with Crippen LogP contribution in [0.3, 0.4) is 0 Å². The van der Waals surface area contributed by atoms with Crippen LogP contribution in [-0.2, 0) is 6.54 Å². The fourth-order valence-corrected chi connectivity index (χ4v) is 1.97. The van der Waals surface area contributed by atoms with E-state index in [1.54, 1.807) is 6.20 Å². The zero-order chi connectivity index (χ0) is 13.7. The average molecular weight is 323 g/mol. The molecule has 1 heterocycles. The van der Waals surface area contributed by atoms with Gasteiger partial charge in [0.15, 0.2) is 0 Å². The van der Waals surface area contributed by atoms with Gasteiger partial charge in [-0.1, -0.05) is 0 Å². The lowest BCUT2D eigenvalue weighted by atomic mass is 10.1. The molecule has 0 fully saturated rings. The van der Waals surface area contributed by atoms with Crippen molar-refractivity contribution in [1.29, 1.82) is 0 Å². The van der Waals surface area contributed by atoms with E-state index in [9.17, 15) is 0 Å². The normalized spacial score (nSPS) is 10.3. The molecule has 0 aliphatic carbocycles. The molecule has 1 aromatic carbocycles. The minimum Gasteiger partial charge on any atom is -0.494 e. The van der Waals surface area contributed by atoms with Gasteiger partial charge in [-0.05, 0) is 41.1 Å². The lowest BCUT2D eigenvalue weighted by Gasteiger charge is -2.12. The highest BCUT2D eigenvalue weighted by Gasteiger charge is 2.06. The predicted molar refractivity (Wildman–Crippen MR) is 78.5 cm³/mol. The molecule has 100 valence electrons. The maximum atomic E-state index is 5.73. The predicted octanol–water partition coefficient (Wildman–Crippen LogP) is 2.84. The molecule has 0 saturated carbocycles. The molecule has 2 rings (SSSR count). The number of nitrogens with zero attached hydrogens (tertiary/aromatic N) is 2. The van der Waals surface area contributed by atoms with Gasteiger partial charge in [0.25, 0.3) is 0 Å². The van der Waals surface area contributed by atoms with Crippen molar-refractivity contribution in [3.63, 3.8) is 0 Å². The third-order valence-corrected chi connectivity index (χ3v) is 3.09. The van der Waals surface area contributed by atoms with Crippen molar-refractivity contribution in [1.82, 2.24) is 9.97 Å². The highest BCUT2D eigenvalue weighted by atomic mass is 79.9. The number of hydrogen-bond donors (Lipinski definition) is 2. The van der Waals surface area contributed by atoms with Gasteiger partial charge in [0.1, 0.15) is 17.9 Å². The van der Waals surface area contributed by atoms with Crippen molar-refractivity contribution in [3.8, 4) is 5.75 Å². The van der Waals surface area contributed by atoms with Crippen molar-refractivity contribution in [2.45, 2.75) is 13.5 Å². The van der Waals surface area contributed by atoms with Crippen LogP contribution in [0.15, 0.2) is 35.2 Å². The van der Waals surface area contributed by atoms with Crippen LogP contribution >= 0.6 is 15.9 Å². The number of hydrogen-bond acceptors (Lipinski definition) is 5. The molecule has 0 spiro atoms. The molecule has 3 N–H and O–H groups in total. The van der Waals surface area contributed by atoms with Crippen LogP contribution in [0.2, 0.25) is 0 Å². The Morgan fingerprint density at radius 2 is 2.26 bits per heavy atom. The first kappa shape index (κ1) is 13.8. The molecule has 0 amide bonds. The van der Waals surface area contributed by atoms with E-state index in [1.807, 2.05) is 25.1 Å². The molecule has 1 aromatic heterocycles. The Balaban J connectivity index is 2.24. The quantitative estimate of drug-likeness (QED) is 0.885. The van der Waals surface area contributed by atoms with Crippen LogP contribution in [0.25, 0.3) is 0 Å². The Labute approximate surface area is 120 Å². The minimum atomic E-state index is 0.426. The van der Waals surface area contributed by atoms with Crippen molar-refractivity contribution in [2.24, 2.45) is 5.73 Å². The zero-order valence-electron chi connectivity index (χ0n) is 10.6. The maximum Gasteiger partial charge on any atom is 0.148 e. The van der Waals surface area contributed by atoms with E-state index in [4.69, 9.17) is 10.5 Å². The van der Waals surface area contributed by atoms with Gasteiger partial charge in [-0.15, -0.1) is 0 Å². The van der Waals surface area contributed by atoms with Crippen LogP contribution in [0.1, 0.15) is 12.5 Å². The maximum absolute atomic E-state index is 5.73. The number of nitrogens with one attached hydrogen (secondary N) is 1. The Bertz CT molecular complexity index is 562. The minimum absolute atomic E-state index is 0.426. The Morgan fingerprint density at radius 1 is 1.42 bits per heavy atom. The summed E-state index contributed by atoms with van der Waals surface area (Å²) in [5, 5.41) is 3.21. The van der Waals surface area contributed by atoms with Crippen molar-refractivity contribution in [3.05, 3.63) is 40.8 Å². The third kappa shape index (κ3) is 3.42. The summed E-state index contributed by atoms with van der Waals surface area (Å²) in [4.78, 5) is 8.08. The Morgan fingerprint density at radius 3 is 2.95 bits per heavy atom. The lowest BCUT2D eigenvalue weighted by Crippen LogP contribution is -2.03. The number of aromatic nitrogens is 2. The highest BCUT2D eigenvalue weighted by molar-refractivity contribution is 9.10. The summed E-state index contributed by atoms with van der Waals surface area (Å²) in [7, 11) is 0. The topological polar surface area (TPSA) is 73.1 Å². The number of nitrogens with two attached hydrogens (primary N) is 1. The summed E-state index contributed by atoms with van der Waals surface area (Å²) in [6.45, 7) is 3.00. The summed E-state index contributed by atoms with van der Waals surface area (Å²) in [6.07, 6.45) is 3.18. The second kappa shape index (κ2) is 6.49. The molecule has 0 aliphatic rings. The molecule has 0 saturated heterocycles. The molecule has 2 aromatic rings. The largest absolute Gasteiger partial charge is 0.494 e. The fourth-order valence-electron chi connectivity index (χ4n) is 1.65. The van der Waals surface area contributed by atoms with Crippen LogP contribution in [0, 0.1) is 0 Å². The van der Waals surface area contributed by atoms with Crippen molar-refractivity contribution >= 4 is 27.4 Å². The first-order chi connectivity index (χ1) is 9.24. The molecule has 0 atom stereocenters. The molecule has 19 heavy (non-hydrogen) atoms. The third-order valence-electron chi connectivity index (χ3n) is 2.51. The van der Waals surface area contributed by atoms with Gasteiger partial charge < -0.3 is 15.8 Å². The second-order valence-corrected chi connectivity index (χ2v) is 4.66. The van der Waals surface area contributed by atoms with Crippen molar-refractivity contribution in [2.75, 3.05) is 11.9 Å². The molecular weight excluding hydrogens is 308 g/mol. The van der Waals surface area contributed by atoms with Gasteiger partial charge in [0.2, 0.25) is 0 Å². The number of ether oxygens (including phenoxy) is 1. The summed E-state index contributed by atoms with van der Waals surface area (Å²) in [6, 6.07) is 5.79. The Kier molecular flexibility index (Phi) is 4.70. The SMILES string of the molecule is CCOc1ccc(Nc2ncncc2Br)cc1CN. The lowest BCUT2D eigenvalue weighted by molar-refractivity contribution is 0.336. The van der Waals surface area contributed by atoms with Crippen LogP contribution < -0.4 is 15.8 Å². The fraction of sp³-hybridized carbons (Fsp3) is 0.231. The van der Waals surface area contributed by atoms with E-state index in [-0.39, 0.29) is 0 Å². The summed E-state index contributed by atoms with van der Waals surface area (Å²) in [5.41, 5.74) is 7.59. The summed E-state index contributed by atoms with van der Waals surface area (Å²) in [5.74, 6) is 1.53.